The molecule has 2 N–H and O–H groups in total. The van der Waals surface area contributed by atoms with E-state index in [9.17, 15) is 4.79 Å². The molecule has 1 aromatic rings. The number of primary amides is 1. The minimum absolute atomic E-state index is 0.265. The summed E-state index contributed by atoms with van der Waals surface area (Å²) in [7, 11) is 0. The molecule has 15 heavy (non-hydrogen) atoms. The van der Waals surface area contributed by atoms with Gasteiger partial charge in [-0.3, -0.25) is 4.79 Å². The van der Waals surface area contributed by atoms with Crippen molar-refractivity contribution in [3.8, 4) is 5.75 Å². The number of carbonyl (C=O) groups excluding carboxylic acids is 1. The molecule has 1 aliphatic rings. The number of carbonyl (C=O) groups is 1. The molecule has 4 heteroatoms. The number of benzene rings is 1. The molecule has 0 aliphatic carbocycles. The first kappa shape index (κ1) is 10.5. The van der Waals surface area contributed by atoms with Gasteiger partial charge in [-0.15, -0.1) is 0 Å². The Balaban J connectivity index is 2.28. The standard InChI is InChI=1S/C11H12BrNO2/c12-9-2-3-10-8(5-6-15-10)7(9)1-4-11(13)14/h2-3H,1,4-6H2,(H2,13,14). The lowest BCUT2D eigenvalue weighted by Gasteiger charge is -2.08. The number of hydrogen-bond acceptors (Lipinski definition) is 2. The van der Waals surface area contributed by atoms with E-state index < -0.39 is 0 Å². The maximum atomic E-state index is 10.8. The molecule has 1 aliphatic heterocycles. The summed E-state index contributed by atoms with van der Waals surface area (Å²) in [5.74, 6) is 0.677. The van der Waals surface area contributed by atoms with Crippen LogP contribution in [-0.2, 0) is 17.6 Å². The van der Waals surface area contributed by atoms with E-state index in [0.29, 0.717) is 12.8 Å². The van der Waals surface area contributed by atoms with Crippen molar-refractivity contribution in [3.05, 3.63) is 27.7 Å². The molecule has 0 bridgehead atoms. The van der Waals surface area contributed by atoms with E-state index in [1.807, 2.05) is 12.1 Å². The van der Waals surface area contributed by atoms with Crippen LogP contribution in [-0.4, -0.2) is 12.5 Å². The summed E-state index contributed by atoms with van der Waals surface area (Å²) in [5.41, 5.74) is 7.52. The predicted octanol–water partition coefficient (Wildman–Crippen LogP) is 1.80. The molecule has 0 saturated carbocycles. The third-order valence-electron chi connectivity index (χ3n) is 2.56. The summed E-state index contributed by atoms with van der Waals surface area (Å²) in [4.78, 5) is 10.8. The second-order valence-corrected chi connectivity index (χ2v) is 4.42. The molecule has 0 spiro atoms. The Labute approximate surface area is 96.7 Å². The van der Waals surface area contributed by atoms with Crippen LogP contribution < -0.4 is 10.5 Å². The van der Waals surface area contributed by atoms with Crippen molar-refractivity contribution in [1.29, 1.82) is 0 Å². The molecule has 0 fully saturated rings. The Morgan fingerprint density at radius 2 is 2.33 bits per heavy atom. The molecule has 80 valence electrons. The zero-order chi connectivity index (χ0) is 10.8. The topological polar surface area (TPSA) is 52.3 Å². The number of fused-ring (bicyclic) bond motifs is 1. The summed E-state index contributed by atoms with van der Waals surface area (Å²) in [6.45, 7) is 0.732. The van der Waals surface area contributed by atoms with E-state index in [-0.39, 0.29) is 5.91 Å². The lowest BCUT2D eigenvalue weighted by atomic mass is 10.0. The van der Waals surface area contributed by atoms with Crippen LogP contribution in [0.15, 0.2) is 16.6 Å². The van der Waals surface area contributed by atoms with Crippen LogP contribution in [0.3, 0.4) is 0 Å². The van der Waals surface area contributed by atoms with Gasteiger partial charge in [-0.2, -0.15) is 0 Å². The zero-order valence-corrected chi connectivity index (χ0v) is 9.84. The average molecular weight is 270 g/mol. The second kappa shape index (κ2) is 4.23. The van der Waals surface area contributed by atoms with E-state index >= 15 is 0 Å². The molecule has 1 heterocycles. The van der Waals surface area contributed by atoms with E-state index in [0.717, 1.165) is 28.8 Å². The van der Waals surface area contributed by atoms with Gasteiger partial charge in [0.05, 0.1) is 6.61 Å². The van der Waals surface area contributed by atoms with Gasteiger partial charge in [0.15, 0.2) is 0 Å². The van der Waals surface area contributed by atoms with Crippen LogP contribution in [0.25, 0.3) is 0 Å². The first-order valence-electron chi connectivity index (χ1n) is 4.90. The maximum Gasteiger partial charge on any atom is 0.217 e. The van der Waals surface area contributed by atoms with Crippen LogP contribution in [0.2, 0.25) is 0 Å². The first-order valence-corrected chi connectivity index (χ1v) is 5.69. The fourth-order valence-corrected chi connectivity index (χ4v) is 2.40. The van der Waals surface area contributed by atoms with Gasteiger partial charge in [-0.05, 0) is 24.1 Å². The van der Waals surface area contributed by atoms with Crippen molar-refractivity contribution in [2.24, 2.45) is 5.73 Å². The average Bonchev–Trinajstić information content (AvgIpc) is 2.63. The quantitative estimate of drug-likeness (QED) is 0.910. The van der Waals surface area contributed by atoms with Crippen molar-refractivity contribution >= 4 is 21.8 Å². The summed E-state index contributed by atoms with van der Waals surface area (Å²) in [6, 6.07) is 3.92. The van der Waals surface area contributed by atoms with Crippen molar-refractivity contribution < 1.29 is 9.53 Å². The molecule has 1 amide bonds. The lowest BCUT2D eigenvalue weighted by molar-refractivity contribution is -0.117. The van der Waals surface area contributed by atoms with Gasteiger partial charge in [-0.1, -0.05) is 15.9 Å². The monoisotopic (exact) mass is 269 g/mol. The number of amides is 1. The molecule has 0 radical (unpaired) electrons. The lowest BCUT2D eigenvalue weighted by Crippen LogP contribution is -2.11. The van der Waals surface area contributed by atoms with E-state index in [4.69, 9.17) is 10.5 Å². The molecule has 2 rings (SSSR count). The van der Waals surface area contributed by atoms with Gasteiger partial charge in [-0.25, -0.2) is 0 Å². The number of hydrogen-bond donors (Lipinski definition) is 1. The van der Waals surface area contributed by atoms with Crippen molar-refractivity contribution in [2.75, 3.05) is 6.61 Å². The Bertz CT molecular complexity index is 404. The van der Waals surface area contributed by atoms with Crippen molar-refractivity contribution in [1.82, 2.24) is 0 Å². The van der Waals surface area contributed by atoms with Gasteiger partial charge >= 0.3 is 0 Å². The SMILES string of the molecule is NC(=O)CCc1c(Br)ccc2c1CCO2. The smallest absolute Gasteiger partial charge is 0.217 e. The second-order valence-electron chi connectivity index (χ2n) is 3.57. The summed E-state index contributed by atoms with van der Waals surface area (Å²) >= 11 is 3.49. The highest BCUT2D eigenvalue weighted by Gasteiger charge is 2.18. The highest BCUT2D eigenvalue weighted by molar-refractivity contribution is 9.10. The van der Waals surface area contributed by atoms with E-state index in [1.165, 1.54) is 5.56 Å². The fourth-order valence-electron chi connectivity index (χ4n) is 1.83. The van der Waals surface area contributed by atoms with Gasteiger partial charge in [0.1, 0.15) is 5.75 Å². The minimum atomic E-state index is -0.265. The zero-order valence-electron chi connectivity index (χ0n) is 8.25. The normalized spacial score (nSPS) is 13.4. The first-order chi connectivity index (χ1) is 7.18. The highest BCUT2D eigenvalue weighted by atomic mass is 79.9. The number of halogens is 1. The summed E-state index contributed by atoms with van der Waals surface area (Å²) in [5, 5.41) is 0. The van der Waals surface area contributed by atoms with Crippen LogP contribution >= 0.6 is 15.9 Å². The van der Waals surface area contributed by atoms with Crippen molar-refractivity contribution in [2.45, 2.75) is 19.3 Å². The van der Waals surface area contributed by atoms with Crippen LogP contribution in [0.4, 0.5) is 0 Å². The fraction of sp³-hybridized carbons (Fsp3) is 0.364. The number of ether oxygens (including phenoxy) is 1. The Morgan fingerprint density at radius 3 is 3.07 bits per heavy atom. The molecule has 0 aromatic heterocycles. The predicted molar refractivity (Wildman–Crippen MR) is 60.9 cm³/mol. The molecule has 3 nitrogen and oxygen atoms in total. The van der Waals surface area contributed by atoms with Crippen LogP contribution in [0, 0.1) is 0 Å². The van der Waals surface area contributed by atoms with E-state index in [2.05, 4.69) is 15.9 Å². The third kappa shape index (κ3) is 2.15. The number of rotatable bonds is 3. The van der Waals surface area contributed by atoms with Crippen molar-refractivity contribution in [3.63, 3.8) is 0 Å². The molecular formula is C11H12BrNO2. The van der Waals surface area contributed by atoms with E-state index in [1.54, 1.807) is 0 Å². The van der Waals surface area contributed by atoms with Crippen LogP contribution in [0.5, 0.6) is 5.75 Å². The van der Waals surface area contributed by atoms with Crippen LogP contribution in [0.1, 0.15) is 17.5 Å². The molecule has 0 atom stereocenters. The molecule has 1 aromatic carbocycles. The molecule has 0 unspecified atom stereocenters. The summed E-state index contributed by atoms with van der Waals surface area (Å²) < 4.78 is 6.50. The van der Waals surface area contributed by atoms with Gasteiger partial charge in [0, 0.05) is 22.9 Å². The summed E-state index contributed by atoms with van der Waals surface area (Å²) in [6.07, 6.45) is 1.99. The molecule has 0 saturated heterocycles. The molecular weight excluding hydrogens is 258 g/mol. The Kier molecular flexibility index (Phi) is 2.95. The Morgan fingerprint density at radius 1 is 1.53 bits per heavy atom. The van der Waals surface area contributed by atoms with Gasteiger partial charge in [0.25, 0.3) is 0 Å². The largest absolute Gasteiger partial charge is 0.493 e. The number of nitrogens with two attached hydrogens (primary N) is 1. The Hall–Kier alpha value is -1.03. The van der Waals surface area contributed by atoms with Gasteiger partial charge < -0.3 is 10.5 Å². The third-order valence-corrected chi connectivity index (χ3v) is 3.31. The van der Waals surface area contributed by atoms with Gasteiger partial charge in [0.2, 0.25) is 5.91 Å². The maximum absolute atomic E-state index is 10.8. The minimum Gasteiger partial charge on any atom is -0.493 e. The highest BCUT2D eigenvalue weighted by Crippen LogP contribution is 2.33.